The van der Waals surface area contributed by atoms with Crippen LogP contribution in [0.2, 0.25) is 0 Å². The molecule has 0 saturated carbocycles. The minimum atomic E-state index is -0.969. The average Bonchev–Trinajstić information content (AvgIpc) is 3.31. The number of carbonyl (C=O) groups is 1. The predicted molar refractivity (Wildman–Crippen MR) is 117 cm³/mol. The van der Waals surface area contributed by atoms with Gasteiger partial charge in [0, 0.05) is 5.69 Å². The second kappa shape index (κ2) is 11.2. The van der Waals surface area contributed by atoms with Gasteiger partial charge in [-0.1, -0.05) is 30.3 Å². The first-order valence-corrected chi connectivity index (χ1v) is 10.2. The van der Waals surface area contributed by atoms with Crippen molar-refractivity contribution in [3.05, 3.63) is 72.5 Å². The van der Waals surface area contributed by atoms with Crippen molar-refractivity contribution in [2.45, 2.75) is 31.7 Å². The summed E-state index contributed by atoms with van der Waals surface area (Å²) in [6.07, 6.45) is 5.82. The second-order valence-electron chi connectivity index (χ2n) is 7.11. The third-order valence-electron chi connectivity index (χ3n) is 4.78. The lowest BCUT2D eigenvalue weighted by Gasteiger charge is -2.14. The third kappa shape index (κ3) is 6.20. The van der Waals surface area contributed by atoms with Gasteiger partial charge in [-0.3, -0.25) is 4.79 Å². The molecule has 0 aliphatic rings. The molecule has 4 N–H and O–H groups in total. The van der Waals surface area contributed by atoms with Crippen LogP contribution in [0.4, 0.5) is 5.69 Å². The smallest absolute Gasteiger partial charge is 0.243 e. The van der Waals surface area contributed by atoms with E-state index >= 15 is 0 Å². The summed E-state index contributed by atoms with van der Waals surface area (Å²) in [6.45, 7) is 0.186. The van der Waals surface area contributed by atoms with Crippen molar-refractivity contribution in [3.63, 3.8) is 0 Å². The number of aryl methyl sites for hydroxylation is 1. The quantitative estimate of drug-likeness (QED) is 0.417. The van der Waals surface area contributed by atoms with Crippen molar-refractivity contribution >= 4 is 11.6 Å². The first kappa shape index (κ1) is 21.6. The van der Waals surface area contributed by atoms with Gasteiger partial charge in [0.15, 0.2) is 0 Å². The summed E-state index contributed by atoms with van der Waals surface area (Å²) in [7, 11) is 0. The molecule has 6 nitrogen and oxygen atoms in total. The first-order valence-electron chi connectivity index (χ1n) is 10.2. The number of carbonyl (C=O) groups excluding carboxylic acids is 1. The number of anilines is 1. The van der Waals surface area contributed by atoms with E-state index in [1.54, 1.807) is 24.5 Å². The van der Waals surface area contributed by atoms with Crippen molar-refractivity contribution in [1.29, 1.82) is 0 Å². The predicted octanol–water partition coefficient (Wildman–Crippen LogP) is 4.00. The Morgan fingerprint density at radius 3 is 2.63 bits per heavy atom. The molecule has 0 saturated heterocycles. The molecule has 0 aliphatic carbocycles. The first-order chi connectivity index (χ1) is 14.7. The highest BCUT2D eigenvalue weighted by atomic mass is 16.5. The molecule has 1 heterocycles. The van der Waals surface area contributed by atoms with E-state index in [4.69, 9.17) is 20.0 Å². The maximum atomic E-state index is 12.0. The van der Waals surface area contributed by atoms with Crippen molar-refractivity contribution in [3.8, 4) is 17.1 Å². The maximum absolute atomic E-state index is 12.0. The minimum Gasteiger partial charge on any atom is -0.493 e. The van der Waals surface area contributed by atoms with E-state index in [1.807, 2.05) is 18.2 Å². The summed E-state index contributed by atoms with van der Waals surface area (Å²) in [5.74, 6) is 0.893. The zero-order chi connectivity index (χ0) is 21.2. The highest BCUT2D eigenvalue weighted by Crippen LogP contribution is 2.33. The third-order valence-corrected chi connectivity index (χ3v) is 4.78. The van der Waals surface area contributed by atoms with Gasteiger partial charge in [-0.2, -0.15) is 0 Å². The number of benzene rings is 2. The molecule has 0 aliphatic heterocycles. The van der Waals surface area contributed by atoms with E-state index in [-0.39, 0.29) is 0 Å². The normalized spacial score (nSPS) is 11.8. The van der Waals surface area contributed by atoms with Crippen LogP contribution >= 0.6 is 0 Å². The lowest BCUT2D eigenvalue weighted by Crippen LogP contribution is -2.38. The fraction of sp³-hybridized carbons (Fsp3) is 0.292. The SMILES string of the molecule is NC(CO)C(=O)Nc1ccc(OCCCCCc2ccccc2)c(-c2ccco2)c1. The van der Waals surface area contributed by atoms with Gasteiger partial charge >= 0.3 is 0 Å². The van der Waals surface area contributed by atoms with E-state index in [1.165, 1.54) is 5.56 Å². The number of unbranched alkanes of at least 4 members (excludes halogenated alkanes) is 2. The number of aliphatic hydroxyl groups is 1. The van der Waals surface area contributed by atoms with Gasteiger partial charge in [0.2, 0.25) is 5.91 Å². The van der Waals surface area contributed by atoms with Crippen molar-refractivity contribution in [2.75, 3.05) is 18.5 Å². The van der Waals surface area contributed by atoms with Crippen LogP contribution in [0, 0.1) is 0 Å². The van der Waals surface area contributed by atoms with Crippen LogP contribution in [0.15, 0.2) is 71.3 Å². The largest absolute Gasteiger partial charge is 0.493 e. The Morgan fingerprint density at radius 2 is 1.90 bits per heavy atom. The molecule has 0 spiro atoms. The zero-order valence-electron chi connectivity index (χ0n) is 16.9. The van der Waals surface area contributed by atoms with Gasteiger partial charge in [-0.25, -0.2) is 0 Å². The molecule has 1 aromatic heterocycles. The van der Waals surface area contributed by atoms with E-state index in [0.717, 1.165) is 31.2 Å². The Morgan fingerprint density at radius 1 is 1.07 bits per heavy atom. The molecule has 0 radical (unpaired) electrons. The summed E-state index contributed by atoms with van der Waals surface area (Å²) in [5, 5.41) is 11.7. The van der Waals surface area contributed by atoms with Crippen LogP contribution < -0.4 is 15.8 Å². The lowest BCUT2D eigenvalue weighted by atomic mass is 10.1. The molecule has 3 aromatic rings. The summed E-state index contributed by atoms with van der Waals surface area (Å²) in [4.78, 5) is 12.0. The molecule has 30 heavy (non-hydrogen) atoms. The monoisotopic (exact) mass is 408 g/mol. The molecule has 2 aromatic carbocycles. The number of nitrogens with two attached hydrogens (primary N) is 1. The van der Waals surface area contributed by atoms with Gasteiger partial charge < -0.3 is 25.3 Å². The van der Waals surface area contributed by atoms with Crippen molar-refractivity contribution < 1.29 is 19.1 Å². The Bertz CT molecular complexity index is 910. The highest BCUT2D eigenvalue weighted by molar-refractivity contribution is 5.95. The van der Waals surface area contributed by atoms with Gasteiger partial charge in [-0.15, -0.1) is 0 Å². The number of hydrogen-bond donors (Lipinski definition) is 3. The zero-order valence-corrected chi connectivity index (χ0v) is 16.9. The van der Waals surface area contributed by atoms with Gasteiger partial charge in [0.1, 0.15) is 17.6 Å². The molecule has 6 heteroatoms. The molecule has 3 rings (SSSR count). The molecular formula is C24H28N2O4. The highest BCUT2D eigenvalue weighted by Gasteiger charge is 2.15. The molecular weight excluding hydrogens is 380 g/mol. The fourth-order valence-corrected chi connectivity index (χ4v) is 3.11. The maximum Gasteiger partial charge on any atom is 0.243 e. The summed E-state index contributed by atoms with van der Waals surface area (Å²) in [6, 6.07) is 18.5. The van der Waals surface area contributed by atoms with Gasteiger partial charge in [0.05, 0.1) is 25.0 Å². The van der Waals surface area contributed by atoms with Gasteiger partial charge in [0.25, 0.3) is 0 Å². The number of nitrogens with one attached hydrogen (secondary N) is 1. The van der Waals surface area contributed by atoms with Crippen LogP contribution in [0.3, 0.4) is 0 Å². The summed E-state index contributed by atoms with van der Waals surface area (Å²) < 4.78 is 11.5. The Labute approximate surface area is 176 Å². The number of amides is 1. The van der Waals surface area contributed by atoms with Gasteiger partial charge in [-0.05, 0) is 61.6 Å². The average molecular weight is 408 g/mol. The molecule has 158 valence electrons. The van der Waals surface area contributed by atoms with Crippen LogP contribution in [0.25, 0.3) is 11.3 Å². The molecule has 0 fully saturated rings. The molecule has 1 unspecified atom stereocenters. The Kier molecular flexibility index (Phi) is 8.06. The molecule has 1 amide bonds. The number of ether oxygens (including phenoxy) is 1. The Hall–Kier alpha value is -3.09. The van der Waals surface area contributed by atoms with E-state index in [0.29, 0.717) is 23.8 Å². The number of rotatable bonds is 11. The number of aliphatic hydroxyl groups excluding tert-OH is 1. The topological polar surface area (TPSA) is 97.7 Å². The Balaban J connectivity index is 1.56. The summed E-state index contributed by atoms with van der Waals surface area (Å²) in [5.41, 5.74) is 8.23. The van der Waals surface area contributed by atoms with Crippen LogP contribution in [0.1, 0.15) is 24.8 Å². The van der Waals surface area contributed by atoms with E-state index in [9.17, 15) is 4.79 Å². The van der Waals surface area contributed by atoms with Crippen LogP contribution in [0.5, 0.6) is 5.75 Å². The second-order valence-corrected chi connectivity index (χ2v) is 7.11. The van der Waals surface area contributed by atoms with E-state index in [2.05, 4.69) is 29.6 Å². The number of hydrogen-bond acceptors (Lipinski definition) is 5. The van der Waals surface area contributed by atoms with Crippen LogP contribution in [-0.4, -0.2) is 30.3 Å². The van der Waals surface area contributed by atoms with Crippen molar-refractivity contribution in [2.24, 2.45) is 5.73 Å². The molecule has 1 atom stereocenters. The van der Waals surface area contributed by atoms with E-state index < -0.39 is 18.6 Å². The van der Waals surface area contributed by atoms with Crippen molar-refractivity contribution in [1.82, 2.24) is 0 Å². The standard InChI is InChI=1S/C24H28N2O4/c25-21(17-27)24(28)26-19-12-13-23(20(16-19)22-11-7-15-30-22)29-14-6-2-5-10-18-8-3-1-4-9-18/h1,3-4,7-9,11-13,15-16,21,27H,2,5-6,10,14,17,25H2,(H,26,28). The minimum absolute atomic E-state index is 0.414. The lowest BCUT2D eigenvalue weighted by molar-refractivity contribution is -0.118. The van der Waals surface area contributed by atoms with Crippen LogP contribution in [-0.2, 0) is 11.2 Å². The number of furan rings is 1. The summed E-state index contributed by atoms with van der Waals surface area (Å²) >= 11 is 0. The molecule has 0 bridgehead atoms. The fourth-order valence-electron chi connectivity index (χ4n) is 3.11.